The summed E-state index contributed by atoms with van der Waals surface area (Å²) in [5, 5.41) is 20.1. The largest absolute Gasteiger partial charge is 0.492 e. The zero-order chi connectivity index (χ0) is 30.0. The molecule has 41 heavy (non-hydrogen) atoms. The number of carbonyl (C=O) groups is 3. The fourth-order valence-corrected chi connectivity index (χ4v) is 10.9. The summed E-state index contributed by atoms with van der Waals surface area (Å²) in [6.45, 7) is 15.4. The molecule has 0 aromatic carbocycles. The molecule has 224 valence electrons. The molecule has 0 saturated heterocycles. The van der Waals surface area contributed by atoms with Crippen LogP contribution in [0.15, 0.2) is 23.8 Å². The summed E-state index contributed by atoms with van der Waals surface area (Å²) < 4.78 is 0.775. The summed E-state index contributed by atoms with van der Waals surface area (Å²) in [6.07, 6.45) is 9.26. The van der Waals surface area contributed by atoms with Crippen molar-refractivity contribution in [2.24, 2.45) is 50.2 Å². The first-order valence-corrected chi connectivity index (χ1v) is 15.5. The number of Topliss-reactive ketones (excluding diaryl/α,β-unsaturated/α-hetero) is 1. The van der Waals surface area contributed by atoms with Crippen molar-refractivity contribution in [2.75, 3.05) is 0 Å². The third-order valence-electron chi connectivity index (χ3n) is 13.8. The molecule has 8 atom stereocenters. The second-order valence-corrected chi connectivity index (χ2v) is 16.1. The van der Waals surface area contributed by atoms with E-state index in [4.69, 9.17) is 4.84 Å². The van der Waals surface area contributed by atoms with E-state index in [9.17, 15) is 24.6 Å². The van der Waals surface area contributed by atoms with Gasteiger partial charge in [0.1, 0.15) is 5.78 Å². The Morgan fingerprint density at radius 1 is 0.902 bits per heavy atom. The number of aromatic nitrogens is 1. The van der Waals surface area contributed by atoms with E-state index in [0.717, 1.165) is 43.3 Å². The van der Waals surface area contributed by atoms with E-state index in [1.165, 1.54) is 17.7 Å². The third-order valence-corrected chi connectivity index (χ3v) is 13.8. The Morgan fingerprint density at radius 3 is 2.20 bits per heavy atom. The Labute approximate surface area is 243 Å². The van der Waals surface area contributed by atoms with E-state index < -0.39 is 16.8 Å². The van der Waals surface area contributed by atoms with E-state index >= 15 is 0 Å². The lowest BCUT2D eigenvalue weighted by Crippen LogP contribution is -2.66. The second-order valence-electron chi connectivity index (χ2n) is 16.1. The van der Waals surface area contributed by atoms with Crippen LogP contribution in [0.3, 0.4) is 0 Å². The van der Waals surface area contributed by atoms with Crippen molar-refractivity contribution in [1.82, 2.24) is 4.73 Å². The second kappa shape index (κ2) is 8.50. The zero-order valence-corrected chi connectivity index (χ0v) is 25.8. The molecule has 7 nitrogen and oxygen atoms in total. The van der Waals surface area contributed by atoms with Gasteiger partial charge in [-0.3, -0.25) is 9.59 Å². The molecule has 1 aromatic rings. The molecule has 0 radical (unpaired) electrons. The van der Waals surface area contributed by atoms with Crippen LogP contribution in [0.2, 0.25) is 0 Å². The van der Waals surface area contributed by atoms with E-state index in [1.807, 2.05) is 13.0 Å². The Morgan fingerprint density at radius 2 is 1.54 bits per heavy atom. The first-order valence-electron chi connectivity index (χ1n) is 15.5. The number of carbonyl (C=O) groups excluding carboxylic acids is 3. The van der Waals surface area contributed by atoms with Gasteiger partial charge in [-0.15, -0.1) is 4.73 Å². The molecule has 0 aliphatic heterocycles. The average Bonchev–Trinajstić information content (AvgIpc) is 3.21. The monoisotopic (exact) mass is 565 g/mol. The lowest BCUT2D eigenvalue weighted by atomic mass is 9.33. The molecule has 0 amide bonds. The number of ketones is 2. The lowest BCUT2D eigenvalue weighted by Gasteiger charge is -2.69. The van der Waals surface area contributed by atoms with Gasteiger partial charge in [-0.05, 0) is 97.9 Å². The number of allylic oxidation sites excluding steroid dienone is 2. The van der Waals surface area contributed by atoms with Gasteiger partial charge in [-0.2, -0.15) is 0 Å². The molecular formula is C34H47NO6. The molecular weight excluding hydrogens is 518 g/mol. The molecule has 6 rings (SSSR count). The fraction of sp³-hybridized carbons (Fsp3) is 0.735. The van der Waals surface area contributed by atoms with Crippen molar-refractivity contribution in [3.63, 3.8) is 0 Å². The molecule has 5 aliphatic rings. The first-order chi connectivity index (χ1) is 18.9. The summed E-state index contributed by atoms with van der Waals surface area (Å²) in [5.74, 6) is -0.489. The summed E-state index contributed by atoms with van der Waals surface area (Å²) in [7, 11) is 0. The standard InChI is InChI=1S/C34H47NO6/c1-29(2)23-10-13-34(7)27(32(23,5)12-11-24(29)37)22(36)18-20-21-19-31(4,15-14-30(21,3)16-17-33(20,34)6)28(40)41-35-25(38)8-9-26(35)39/h8-9,18,21,23,27,38-39H,10-17,19H2,1-7H3/t21-,23+,27-,30-,31+,32+,33-,34-/m1/s1. The Hall–Kier alpha value is -2.57. The van der Waals surface area contributed by atoms with Gasteiger partial charge >= 0.3 is 5.97 Å². The number of hydrogen-bond donors (Lipinski definition) is 2. The number of nitrogens with zero attached hydrogens (tertiary/aromatic N) is 1. The van der Waals surface area contributed by atoms with Gasteiger partial charge in [0.25, 0.3) is 0 Å². The highest BCUT2D eigenvalue weighted by atomic mass is 16.7. The molecule has 4 fully saturated rings. The van der Waals surface area contributed by atoms with Crippen LogP contribution in [-0.2, 0) is 14.4 Å². The van der Waals surface area contributed by atoms with E-state index in [0.29, 0.717) is 25.0 Å². The van der Waals surface area contributed by atoms with E-state index in [-0.39, 0.29) is 57.0 Å². The van der Waals surface area contributed by atoms with Crippen molar-refractivity contribution in [3.05, 3.63) is 23.8 Å². The number of hydrogen-bond acceptors (Lipinski definition) is 6. The van der Waals surface area contributed by atoms with E-state index in [1.54, 1.807) is 0 Å². The summed E-state index contributed by atoms with van der Waals surface area (Å²) in [4.78, 5) is 46.5. The Kier molecular flexibility index (Phi) is 5.92. The number of rotatable bonds is 2. The van der Waals surface area contributed by atoms with Crippen LogP contribution in [0, 0.1) is 50.2 Å². The molecule has 0 unspecified atom stereocenters. The maximum absolute atomic E-state index is 14.4. The van der Waals surface area contributed by atoms with Crippen LogP contribution in [0.5, 0.6) is 11.8 Å². The van der Waals surface area contributed by atoms with Gasteiger partial charge in [-0.25, -0.2) is 4.79 Å². The average molecular weight is 566 g/mol. The maximum Gasteiger partial charge on any atom is 0.339 e. The minimum absolute atomic E-state index is 0.0211. The SMILES string of the molecule is CC1(C)C(=O)CC[C@]2(C)[C@H]3C(=O)C=C4[C@H]5C[C@@](C)(C(=O)On6c(O)ccc6O)CC[C@]5(C)CC[C@@]4(C)[C@]3(C)CC[C@@H]12. The fourth-order valence-electron chi connectivity index (χ4n) is 10.9. The van der Waals surface area contributed by atoms with Gasteiger partial charge in [0.15, 0.2) is 5.78 Å². The summed E-state index contributed by atoms with van der Waals surface area (Å²) in [6, 6.07) is 2.56. The van der Waals surface area contributed by atoms with Crippen LogP contribution in [0.25, 0.3) is 0 Å². The van der Waals surface area contributed by atoms with Crippen molar-refractivity contribution < 1.29 is 29.4 Å². The minimum atomic E-state index is -0.829. The predicted molar refractivity (Wildman–Crippen MR) is 154 cm³/mol. The topological polar surface area (TPSA) is 106 Å². The summed E-state index contributed by atoms with van der Waals surface area (Å²) in [5.41, 5.74) is -0.703. The molecule has 4 saturated carbocycles. The first kappa shape index (κ1) is 28.5. The van der Waals surface area contributed by atoms with Gasteiger partial charge < -0.3 is 15.1 Å². The molecule has 0 spiro atoms. The molecule has 7 heteroatoms. The smallest absolute Gasteiger partial charge is 0.339 e. The Bertz CT molecular complexity index is 1350. The molecule has 1 aromatic heterocycles. The molecule has 2 N–H and O–H groups in total. The van der Waals surface area contributed by atoms with Crippen molar-refractivity contribution in [2.45, 2.75) is 106 Å². The number of aromatic hydroxyl groups is 2. The third kappa shape index (κ3) is 3.59. The highest BCUT2D eigenvalue weighted by molar-refractivity contribution is 5.96. The highest BCUT2D eigenvalue weighted by Crippen LogP contribution is 2.74. The molecule has 5 aliphatic carbocycles. The molecule has 1 heterocycles. The van der Waals surface area contributed by atoms with Crippen LogP contribution in [0.4, 0.5) is 0 Å². The minimum Gasteiger partial charge on any atom is -0.492 e. The van der Waals surface area contributed by atoms with Crippen LogP contribution in [-0.4, -0.2) is 32.5 Å². The normalized spacial score (nSPS) is 45.0. The molecule has 0 bridgehead atoms. The highest BCUT2D eigenvalue weighted by Gasteiger charge is 2.70. The van der Waals surface area contributed by atoms with Gasteiger partial charge in [-0.1, -0.05) is 47.1 Å². The maximum atomic E-state index is 14.4. The summed E-state index contributed by atoms with van der Waals surface area (Å²) >= 11 is 0. The Balaban J connectivity index is 1.38. The van der Waals surface area contributed by atoms with Crippen molar-refractivity contribution >= 4 is 17.5 Å². The van der Waals surface area contributed by atoms with Crippen LogP contribution < -0.4 is 4.84 Å². The number of fused-ring (bicyclic) bond motifs is 7. The lowest BCUT2D eigenvalue weighted by molar-refractivity contribution is -0.188. The quantitative estimate of drug-likeness (QED) is 0.430. The van der Waals surface area contributed by atoms with Gasteiger partial charge in [0, 0.05) is 29.9 Å². The van der Waals surface area contributed by atoms with Crippen LogP contribution >= 0.6 is 0 Å². The van der Waals surface area contributed by atoms with Crippen molar-refractivity contribution in [3.8, 4) is 11.8 Å². The predicted octanol–water partition coefficient (Wildman–Crippen LogP) is 6.40. The van der Waals surface area contributed by atoms with Gasteiger partial charge in [0.05, 0.1) is 5.41 Å². The van der Waals surface area contributed by atoms with Crippen molar-refractivity contribution in [1.29, 1.82) is 0 Å². The van der Waals surface area contributed by atoms with Crippen LogP contribution in [0.1, 0.15) is 106 Å². The van der Waals surface area contributed by atoms with E-state index in [2.05, 4.69) is 41.5 Å². The zero-order valence-electron chi connectivity index (χ0n) is 25.8. The van der Waals surface area contributed by atoms with Gasteiger partial charge in [0.2, 0.25) is 11.8 Å².